The zero-order valence-electron chi connectivity index (χ0n) is 21.0. The highest BCUT2D eigenvalue weighted by molar-refractivity contribution is 7.91. The van der Waals surface area contributed by atoms with Crippen molar-refractivity contribution in [2.45, 2.75) is 43.1 Å². The molecule has 2 heterocycles. The molecule has 1 fully saturated rings. The van der Waals surface area contributed by atoms with Crippen LogP contribution < -0.4 is 15.0 Å². The summed E-state index contributed by atoms with van der Waals surface area (Å²) in [4.78, 5) is 18.8. The van der Waals surface area contributed by atoms with Crippen LogP contribution in [-0.4, -0.2) is 50.4 Å². The molecule has 1 aliphatic heterocycles. The van der Waals surface area contributed by atoms with Crippen molar-refractivity contribution >= 4 is 21.6 Å². The standard InChI is InChI=1S/C27H27F4N3O4S/c1-2-39(36,37)24-10-3-18(4-11-24)15-33-26(35)19-5-12-25(32-16-19)34-17-23(13-21(34)14-28)38-22-8-6-20(7-9-22)27(29,30)31/h3-12,16,21,23H,2,13-15,17H2,1H3,(H,33,35)/t21-,23?/m0/s1. The lowest BCUT2D eigenvalue weighted by Crippen LogP contribution is -2.32. The van der Waals surface area contributed by atoms with Crippen LogP contribution in [0.4, 0.5) is 23.4 Å². The largest absolute Gasteiger partial charge is 0.489 e. The van der Waals surface area contributed by atoms with E-state index in [4.69, 9.17) is 4.74 Å². The molecule has 1 aliphatic rings. The number of pyridine rings is 1. The number of hydrogen-bond donors (Lipinski definition) is 1. The van der Waals surface area contributed by atoms with Gasteiger partial charge >= 0.3 is 6.18 Å². The lowest BCUT2D eigenvalue weighted by molar-refractivity contribution is -0.137. The third kappa shape index (κ3) is 6.86. The second-order valence-corrected chi connectivity index (χ2v) is 11.4. The number of hydrogen-bond acceptors (Lipinski definition) is 6. The predicted octanol–water partition coefficient (Wildman–Crippen LogP) is 4.82. The normalized spacial score (nSPS) is 17.7. The van der Waals surface area contributed by atoms with E-state index in [9.17, 15) is 30.8 Å². The van der Waals surface area contributed by atoms with Gasteiger partial charge in [-0.3, -0.25) is 4.79 Å². The fourth-order valence-corrected chi connectivity index (χ4v) is 5.14. The summed E-state index contributed by atoms with van der Waals surface area (Å²) in [6, 6.07) is 13.3. The van der Waals surface area contributed by atoms with Crippen molar-refractivity contribution in [1.29, 1.82) is 0 Å². The van der Waals surface area contributed by atoms with Gasteiger partial charge in [0.25, 0.3) is 5.91 Å². The van der Waals surface area contributed by atoms with Crippen LogP contribution in [0.5, 0.6) is 5.75 Å². The van der Waals surface area contributed by atoms with Crippen molar-refractivity contribution in [3.8, 4) is 5.75 Å². The Hall–Kier alpha value is -3.67. The number of nitrogens with one attached hydrogen (secondary N) is 1. The molecule has 3 aromatic rings. The van der Waals surface area contributed by atoms with E-state index < -0.39 is 40.4 Å². The minimum atomic E-state index is -4.44. The van der Waals surface area contributed by atoms with Crippen LogP contribution in [0.25, 0.3) is 0 Å². The monoisotopic (exact) mass is 565 g/mol. The summed E-state index contributed by atoms with van der Waals surface area (Å²) in [5.74, 6) is 0.323. The number of sulfone groups is 1. The number of halogens is 4. The van der Waals surface area contributed by atoms with E-state index in [0.29, 0.717) is 12.2 Å². The number of rotatable bonds is 9. The molecule has 12 heteroatoms. The average Bonchev–Trinajstić information content (AvgIpc) is 3.34. The lowest BCUT2D eigenvalue weighted by Gasteiger charge is -2.23. The minimum absolute atomic E-state index is 0.00240. The number of anilines is 1. The fraction of sp³-hybridized carbons (Fsp3) is 0.333. The van der Waals surface area contributed by atoms with Crippen molar-refractivity contribution in [3.05, 3.63) is 83.6 Å². The average molecular weight is 566 g/mol. The Bertz CT molecular complexity index is 1380. The molecule has 7 nitrogen and oxygen atoms in total. The molecule has 0 spiro atoms. The van der Waals surface area contributed by atoms with Gasteiger partial charge < -0.3 is 15.0 Å². The second-order valence-electron chi connectivity index (χ2n) is 9.09. The van der Waals surface area contributed by atoms with E-state index >= 15 is 0 Å². The number of carbonyl (C=O) groups excluding carboxylic acids is 1. The minimum Gasteiger partial charge on any atom is -0.489 e. The van der Waals surface area contributed by atoms with Gasteiger partial charge in [-0.25, -0.2) is 17.8 Å². The Morgan fingerprint density at radius 3 is 2.33 bits per heavy atom. The Balaban J connectivity index is 1.34. The zero-order valence-corrected chi connectivity index (χ0v) is 21.8. The summed E-state index contributed by atoms with van der Waals surface area (Å²) >= 11 is 0. The topological polar surface area (TPSA) is 88.6 Å². The molecule has 1 N–H and O–H groups in total. The lowest BCUT2D eigenvalue weighted by atomic mass is 10.2. The van der Waals surface area contributed by atoms with Gasteiger partial charge in [0.05, 0.1) is 34.4 Å². The summed E-state index contributed by atoms with van der Waals surface area (Å²) < 4.78 is 81.7. The third-order valence-electron chi connectivity index (χ3n) is 6.46. The first-order valence-electron chi connectivity index (χ1n) is 12.2. The summed E-state index contributed by atoms with van der Waals surface area (Å²) in [6.45, 7) is 1.36. The molecule has 1 amide bonds. The quantitative estimate of drug-likeness (QED) is 0.375. The number of nitrogens with zero attached hydrogens (tertiary/aromatic N) is 2. The molecular weight excluding hydrogens is 538 g/mol. The van der Waals surface area contributed by atoms with Gasteiger partial charge in [-0.05, 0) is 54.1 Å². The van der Waals surface area contributed by atoms with Crippen LogP contribution in [0, 0.1) is 0 Å². The molecule has 4 rings (SSSR count). The molecule has 1 unspecified atom stereocenters. The first-order chi connectivity index (χ1) is 18.5. The molecule has 0 radical (unpaired) electrons. The van der Waals surface area contributed by atoms with Gasteiger partial charge in [0.15, 0.2) is 9.84 Å². The third-order valence-corrected chi connectivity index (χ3v) is 8.21. The number of benzene rings is 2. The van der Waals surface area contributed by atoms with Gasteiger partial charge in [0.1, 0.15) is 24.3 Å². The predicted molar refractivity (Wildman–Crippen MR) is 137 cm³/mol. The Labute approximate surface area is 223 Å². The zero-order chi connectivity index (χ0) is 28.2. The van der Waals surface area contributed by atoms with Crippen LogP contribution in [0.1, 0.15) is 34.8 Å². The van der Waals surface area contributed by atoms with Gasteiger partial charge in [-0.1, -0.05) is 19.1 Å². The molecule has 208 valence electrons. The molecule has 0 bridgehead atoms. The Kier molecular flexibility index (Phi) is 8.43. The van der Waals surface area contributed by atoms with Gasteiger partial charge in [0, 0.05) is 19.2 Å². The molecule has 1 saturated heterocycles. The SMILES string of the molecule is CCS(=O)(=O)c1ccc(CNC(=O)c2ccc(N3CC(Oc4ccc(C(F)(F)F)cc4)C[C@H]3CF)nc2)cc1. The fourth-order valence-electron chi connectivity index (χ4n) is 4.26. The van der Waals surface area contributed by atoms with Crippen molar-refractivity contribution in [1.82, 2.24) is 10.3 Å². The van der Waals surface area contributed by atoms with E-state index in [1.165, 1.54) is 30.5 Å². The van der Waals surface area contributed by atoms with Crippen molar-refractivity contribution < 1.29 is 35.5 Å². The number of aromatic nitrogens is 1. The smallest absolute Gasteiger partial charge is 0.416 e. The second kappa shape index (κ2) is 11.6. The van der Waals surface area contributed by atoms with Crippen LogP contribution in [0.3, 0.4) is 0 Å². The van der Waals surface area contributed by atoms with E-state index in [1.54, 1.807) is 36.1 Å². The molecule has 0 saturated carbocycles. The highest BCUT2D eigenvalue weighted by atomic mass is 32.2. The molecule has 1 aromatic heterocycles. The molecule has 39 heavy (non-hydrogen) atoms. The van der Waals surface area contributed by atoms with Crippen molar-refractivity contribution in [2.24, 2.45) is 0 Å². The van der Waals surface area contributed by atoms with E-state index in [0.717, 1.165) is 17.7 Å². The van der Waals surface area contributed by atoms with Gasteiger partial charge in [0.2, 0.25) is 0 Å². The van der Waals surface area contributed by atoms with Crippen LogP contribution in [-0.2, 0) is 22.6 Å². The number of carbonyl (C=O) groups is 1. The maximum Gasteiger partial charge on any atom is 0.416 e. The van der Waals surface area contributed by atoms with Crippen molar-refractivity contribution in [3.63, 3.8) is 0 Å². The highest BCUT2D eigenvalue weighted by Crippen LogP contribution is 2.32. The van der Waals surface area contributed by atoms with Crippen LogP contribution >= 0.6 is 0 Å². The first-order valence-corrected chi connectivity index (χ1v) is 13.9. The van der Waals surface area contributed by atoms with Gasteiger partial charge in [-0.2, -0.15) is 13.2 Å². The Morgan fingerprint density at radius 2 is 1.77 bits per heavy atom. The maximum absolute atomic E-state index is 13.8. The Morgan fingerprint density at radius 1 is 1.08 bits per heavy atom. The van der Waals surface area contributed by atoms with Crippen LogP contribution in [0.15, 0.2) is 71.8 Å². The summed E-state index contributed by atoms with van der Waals surface area (Å²) in [5, 5.41) is 2.75. The maximum atomic E-state index is 13.8. The summed E-state index contributed by atoms with van der Waals surface area (Å²) in [6.07, 6.45) is -3.20. The van der Waals surface area contributed by atoms with E-state index in [-0.39, 0.29) is 41.0 Å². The summed E-state index contributed by atoms with van der Waals surface area (Å²) in [7, 11) is -3.30. The highest BCUT2D eigenvalue weighted by Gasteiger charge is 2.35. The molecular formula is C27H27F4N3O4S. The summed E-state index contributed by atoms with van der Waals surface area (Å²) in [5.41, 5.74) is 0.237. The first kappa shape index (κ1) is 28.3. The number of amides is 1. The van der Waals surface area contributed by atoms with E-state index in [1.807, 2.05) is 0 Å². The van der Waals surface area contributed by atoms with Crippen molar-refractivity contribution in [2.75, 3.05) is 23.9 Å². The number of ether oxygens (including phenoxy) is 1. The van der Waals surface area contributed by atoms with Gasteiger partial charge in [-0.15, -0.1) is 0 Å². The molecule has 0 aliphatic carbocycles. The van der Waals surface area contributed by atoms with E-state index in [2.05, 4.69) is 10.3 Å². The molecule has 2 aromatic carbocycles. The number of alkyl halides is 4. The van der Waals surface area contributed by atoms with Crippen LogP contribution in [0.2, 0.25) is 0 Å². The molecule has 2 atom stereocenters.